The molecule has 0 aliphatic heterocycles. The molecule has 0 fully saturated rings. The maximum Gasteiger partial charge on any atom is 1.00 e. The first kappa shape index (κ1) is 15.7. The van der Waals surface area contributed by atoms with Crippen LogP contribution in [0.2, 0.25) is 0 Å². The summed E-state index contributed by atoms with van der Waals surface area (Å²) in [6.07, 6.45) is 2.62. The molecule has 0 unspecified atom stereocenters. The van der Waals surface area contributed by atoms with E-state index in [1.807, 2.05) is 0 Å². The van der Waals surface area contributed by atoms with Crippen LogP contribution in [0, 0.1) is 0 Å². The molecule has 0 aliphatic rings. The predicted octanol–water partition coefficient (Wildman–Crippen LogP) is -2.42. The fourth-order valence-electron chi connectivity index (χ4n) is 0.0680. The molecule has 2 nitrogen and oxygen atoms in total. The average molecular weight is 112 g/mol. The van der Waals surface area contributed by atoms with Gasteiger partial charge in [0.2, 0.25) is 0 Å². The van der Waals surface area contributed by atoms with Crippen LogP contribution in [0.25, 0.3) is 0 Å². The molecule has 0 aromatic carbocycles. The van der Waals surface area contributed by atoms with E-state index in [2.05, 4.69) is 17.9 Å². The molecule has 38 valence electrons. The van der Waals surface area contributed by atoms with E-state index in [4.69, 9.17) is 0 Å². The van der Waals surface area contributed by atoms with Gasteiger partial charge in [-0.2, -0.15) is 0 Å². The van der Waals surface area contributed by atoms with Gasteiger partial charge in [0.15, 0.2) is 0 Å². The van der Waals surface area contributed by atoms with Gasteiger partial charge in [0, 0.05) is 0 Å². The SMILES string of the molecule is C=COC=C.O.[H-].[Na+]. The van der Waals surface area contributed by atoms with E-state index < -0.39 is 0 Å². The molecule has 0 spiro atoms. The first-order valence-corrected chi connectivity index (χ1v) is 1.29. The monoisotopic (exact) mass is 112 g/mol. The Hall–Kier alpha value is 0.240. The number of rotatable bonds is 2. The molecule has 0 saturated heterocycles. The van der Waals surface area contributed by atoms with Crippen LogP contribution in [-0.4, -0.2) is 5.48 Å². The zero-order valence-corrected chi connectivity index (χ0v) is 6.48. The number of hydrogen-bond donors (Lipinski definition) is 0. The maximum atomic E-state index is 4.36. The molecule has 2 N–H and O–H groups in total. The van der Waals surface area contributed by atoms with Gasteiger partial charge in [-0.15, -0.1) is 0 Å². The zero-order valence-electron chi connectivity index (χ0n) is 5.48. The Morgan fingerprint density at radius 1 is 1.29 bits per heavy atom. The van der Waals surface area contributed by atoms with Gasteiger partial charge in [0.25, 0.3) is 0 Å². The average Bonchev–Trinajstić information content (AvgIpc) is 1.41. The van der Waals surface area contributed by atoms with Crippen molar-refractivity contribution in [2.45, 2.75) is 0 Å². The van der Waals surface area contributed by atoms with Crippen molar-refractivity contribution in [2.24, 2.45) is 0 Å². The van der Waals surface area contributed by atoms with Crippen LogP contribution < -0.4 is 29.6 Å². The predicted molar refractivity (Wildman–Crippen MR) is 26.2 cm³/mol. The summed E-state index contributed by atoms with van der Waals surface area (Å²) in [4.78, 5) is 0. The summed E-state index contributed by atoms with van der Waals surface area (Å²) in [5.41, 5.74) is 0. The van der Waals surface area contributed by atoms with Crippen molar-refractivity contribution >= 4 is 0 Å². The molecular weight excluding hydrogens is 103 g/mol. The molecule has 3 heteroatoms. The van der Waals surface area contributed by atoms with Gasteiger partial charge in [-0.25, -0.2) is 0 Å². The fraction of sp³-hybridized carbons (Fsp3) is 0. The Morgan fingerprint density at radius 2 is 1.57 bits per heavy atom. The van der Waals surface area contributed by atoms with Crippen LogP contribution in [0.15, 0.2) is 25.7 Å². The standard InChI is InChI=1S/C4H6O.Na.H2O.H/c1-3-5-4-2;;;/h3-4H,1-2H2;;1H2;/q;+1;;-1. The largest absolute Gasteiger partial charge is 1.00 e. The van der Waals surface area contributed by atoms with Crippen molar-refractivity contribution in [3.05, 3.63) is 25.7 Å². The maximum absolute atomic E-state index is 4.36. The van der Waals surface area contributed by atoms with E-state index in [0.29, 0.717) is 0 Å². The normalized spacial score (nSPS) is 4.00. The van der Waals surface area contributed by atoms with E-state index in [1.54, 1.807) is 0 Å². The Balaban J connectivity index is -0.0000000267. The Labute approximate surface area is 66.9 Å². The molecule has 0 rings (SSSR count). The summed E-state index contributed by atoms with van der Waals surface area (Å²) in [6.45, 7) is 6.51. The third kappa shape index (κ3) is 22.4. The Kier molecular flexibility index (Phi) is 36.6. The molecule has 7 heavy (non-hydrogen) atoms. The Morgan fingerprint density at radius 3 is 1.57 bits per heavy atom. The molecule has 0 aromatic rings. The van der Waals surface area contributed by atoms with E-state index >= 15 is 0 Å². The van der Waals surface area contributed by atoms with Gasteiger partial charge in [-0.1, -0.05) is 13.2 Å². The first-order valence-electron chi connectivity index (χ1n) is 1.29. The van der Waals surface area contributed by atoms with E-state index in [0.717, 1.165) is 0 Å². The molecule has 0 saturated carbocycles. The third-order valence-corrected chi connectivity index (χ3v) is 0.192. The van der Waals surface area contributed by atoms with Gasteiger partial charge in [-0.05, 0) is 0 Å². The fourth-order valence-corrected chi connectivity index (χ4v) is 0.0680. The zero-order chi connectivity index (χ0) is 4.12. The van der Waals surface area contributed by atoms with Gasteiger partial charge < -0.3 is 11.6 Å². The van der Waals surface area contributed by atoms with Crippen LogP contribution in [0.5, 0.6) is 0 Å². The molecule has 0 bridgehead atoms. The summed E-state index contributed by atoms with van der Waals surface area (Å²) in [7, 11) is 0. The molecular formula is C4H9NaO2. The van der Waals surface area contributed by atoms with Crippen LogP contribution in [0.1, 0.15) is 1.43 Å². The topological polar surface area (TPSA) is 40.7 Å². The van der Waals surface area contributed by atoms with Crippen molar-refractivity contribution in [3.63, 3.8) is 0 Å². The van der Waals surface area contributed by atoms with E-state index in [-0.39, 0.29) is 36.5 Å². The minimum atomic E-state index is 0. The molecule has 0 atom stereocenters. The minimum Gasteiger partial charge on any atom is -1.00 e. The second-order valence-corrected chi connectivity index (χ2v) is 0.469. The minimum absolute atomic E-state index is 0. The third-order valence-electron chi connectivity index (χ3n) is 0.192. The van der Waals surface area contributed by atoms with E-state index in [1.165, 1.54) is 12.5 Å². The van der Waals surface area contributed by atoms with Crippen LogP contribution in [0.4, 0.5) is 0 Å². The van der Waals surface area contributed by atoms with Crippen LogP contribution >= 0.6 is 0 Å². The number of hydrogen-bond acceptors (Lipinski definition) is 1. The van der Waals surface area contributed by atoms with Gasteiger partial charge >= 0.3 is 29.6 Å². The second-order valence-electron chi connectivity index (χ2n) is 0.469. The molecule has 0 radical (unpaired) electrons. The second kappa shape index (κ2) is 16.3. The van der Waals surface area contributed by atoms with Gasteiger partial charge in [0.05, 0.1) is 12.5 Å². The van der Waals surface area contributed by atoms with Crippen molar-refractivity contribution in [3.8, 4) is 0 Å². The Bertz CT molecular complexity index is 43.3. The molecule has 0 heterocycles. The van der Waals surface area contributed by atoms with Crippen molar-refractivity contribution < 1.29 is 41.2 Å². The summed E-state index contributed by atoms with van der Waals surface area (Å²) in [5, 5.41) is 0. The van der Waals surface area contributed by atoms with Crippen molar-refractivity contribution in [1.82, 2.24) is 0 Å². The smallest absolute Gasteiger partial charge is 1.00 e. The quantitative estimate of drug-likeness (QED) is 0.289. The van der Waals surface area contributed by atoms with E-state index in [9.17, 15) is 0 Å². The molecule has 0 aliphatic carbocycles. The molecule has 0 aromatic heterocycles. The molecule has 0 amide bonds. The summed E-state index contributed by atoms with van der Waals surface area (Å²) in [6, 6.07) is 0. The van der Waals surface area contributed by atoms with Crippen molar-refractivity contribution in [1.29, 1.82) is 0 Å². The number of ether oxygens (including phenoxy) is 1. The summed E-state index contributed by atoms with van der Waals surface area (Å²) in [5.74, 6) is 0. The van der Waals surface area contributed by atoms with Crippen molar-refractivity contribution in [2.75, 3.05) is 0 Å². The van der Waals surface area contributed by atoms with Gasteiger partial charge in [-0.3, -0.25) is 0 Å². The van der Waals surface area contributed by atoms with Crippen LogP contribution in [0.3, 0.4) is 0 Å². The van der Waals surface area contributed by atoms with Gasteiger partial charge in [0.1, 0.15) is 0 Å². The van der Waals surface area contributed by atoms with Crippen LogP contribution in [-0.2, 0) is 4.74 Å². The first-order chi connectivity index (χ1) is 2.41. The summed E-state index contributed by atoms with van der Waals surface area (Å²) >= 11 is 0. The summed E-state index contributed by atoms with van der Waals surface area (Å²) < 4.78 is 4.36.